The van der Waals surface area contributed by atoms with Crippen LogP contribution in [0.5, 0.6) is 0 Å². The molecule has 0 aliphatic heterocycles. The Kier molecular flexibility index (Phi) is 10.7. The van der Waals surface area contributed by atoms with Crippen LogP contribution in [0.25, 0.3) is 43.8 Å². The predicted octanol–water partition coefficient (Wildman–Crippen LogP) is 9.58. The molecular weight excluding hydrogens is 572 g/mol. The monoisotopic (exact) mass is 605 g/mol. The van der Waals surface area contributed by atoms with Gasteiger partial charge in [0.25, 0.3) is 0 Å². The normalized spacial score (nSPS) is 10.1. The van der Waals surface area contributed by atoms with E-state index in [1.165, 1.54) is 54.9 Å². The van der Waals surface area contributed by atoms with Crippen molar-refractivity contribution in [1.82, 2.24) is 0 Å². The van der Waals surface area contributed by atoms with Gasteiger partial charge in [0.1, 0.15) is 0 Å². The summed E-state index contributed by atoms with van der Waals surface area (Å²) in [5.74, 6) is 4.56. The zero-order valence-electron chi connectivity index (χ0n) is 21.6. The number of hydrogen-bond acceptors (Lipinski definition) is 0. The molecule has 0 amide bonds. The van der Waals surface area contributed by atoms with Crippen LogP contribution in [0.15, 0.2) is 121 Å². The molecule has 0 aliphatic rings. The standard InChI is InChI=1S/2C16H13.C2H7Ge.Zr/c2*1-12-10-14-8-5-9-15(16(14)11-12)13-6-3-2-4-7-13;1-3-2;/h2*2-11H,1H3;3H,1-2H3;/q2*-1;;+2. The summed E-state index contributed by atoms with van der Waals surface area (Å²) in [5, 5.41) is 5.37. The molecule has 0 spiro atoms. The van der Waals surface area contributed by atoms with E-state index in [9.17, 15) is 0 Å². The largest absolute Gasteiger partial charge is 2.00 e. The summed E-state index contributed by atoms with van der Waals surface area (Å²) in [5.41, 5.74) is 7.89. The number of fused-ring (bicyclic) bond motifs is 2. The van der Waals surface area contributed by atoms with Crippen LogP contribution in [0.1, 0.15) is 11.1 Å². The molecule has 6 aromatic rings. The van der Waals surface area contributed by atoms with E-state index in [0.717, 1.165) is 0 Å². The fourth-order valence-electron chi connectivity index (χ4n) is 4.51. The Morgan fingerprint density at radius 2 is 0.861 bits per heavy atom. The van der Waals surface area contributed by atoms with Crippen LogP contribution in [-0.2, 0) is 26.2 Å². The van der Waals surface area contributed by atoms with E-state index in [1.807, 2.05) is 0 Å². The Bertz CT molecular complexity index is 1370. The first-order chi connectivity index (χ1) is 17.1. The first-order valence-corrected chi connectivity index (χ1v) is 17.1. The first-order valence-electron chi connectivity index (χ1n) is 12.3. The molecule has 0 N–H and O–H groups in total. The van der Waals surface area contributed by atoms with Gasteiger partial charge in [0, 0.05) is 0 Å². The maximum absolute atomic E-state index is 2.28. The van der Waals surface area contributed by atoms with E-state index in [-0.39, 0.29) is 26.2 Å². The SMILES string of the molecule is Cc1cc2c(-c3ccccc3)cccc2[cH-]1.Cc1cc2c(-c3ccccc3)cccc2[cH-]1.[CH3][GeH][CH3].[Zr+2]. The molecule has 0 fully saturated rings. The molecule has 177 valence electrons. The summed E-state index contributed by atoms with van der Waals surface area (Å²) in [7, 11) is 0. The Hall–Kier alpha value is -2.47. The summed E-state index contributed by atoms with van der Waals surface area (Å²) >= 11 is 0.312. The molecule has 1 radical (unpaired) electrons. The van der Waals surface area contributed by atoms with Crippen LogP contribution >= 0.6 is 0 Å². The van der Waals surface area contributed by atoms with Crippen molar-refractivity contribution in [3.63, 3.8) is 0 Å². The van der Waals surface area contributed by atoms with Crippen LogP contribution in [0.3, 0.4) is 0 Å². The zero-order chi connectivity index (χ0) is 24.6. The van der Waals surface area contributed by atoms with E-state index >= 15 is 0 Å². The van der Waals surface area contributed by atoms with Crippen molar-refractivity contribution in [1.29, 1.82) is 0 Å². The van der Waals surface area contributed by atoms with Gasteiger partial charge in [0.05, 0.1) is 0 Å². The second-order valence-electron chi connectivity index (χ2n) is 8.99. The van der Waals surface area contributed by atoms with E-state index in [0.29, 0.717) is 15.4 Å². The number of benzene rings is 4. The average Bonchev–Trinajstić information content (AvgIpc) is 3.46. The maximum Gasteiger partial charge on any atom is 2.00 e. The van der Waals surface area contributed by atoms with E-state index < -0.39 is 0 Å². The summed E-state index contributed by atoms with van der Waals surface area (Å²) in [6, 6.07) is 43.1. The second kappa shape index (κ2) is 13.7. The van der Waals surface area contributed by atoms with Crippen molar-refractivity contribution in [3.8, 4) is 22.3 Å². The first kappa shape index (κ1) is 28.1. The summed E-state index contributed by atoms with van der Waals surface area (Å²) in [6.07, 6.45) is 0. The van der Waals surface area contributed by atoms with E-state index in [1.54, 1.807) is 0 Å². The molecule has 36 heavy (non-hydrogen) atoms. The molecule has 0 saturated carbocycles. The minimum Gasteiger partial charge on any atom is 2.00 e. The molecule has 0 bridgehead atoms. The van der Waals surface area contributed by atoms with Gasteiger partial charge in [-0.25, -0.2) is 0 Å². The van der Waals surface area contributed by atoms with Crippen LogP contribution in [0.2, 0.25) is 11.5 Å². The van der Waals surface area contributed by atoms with Crippen LogP contribution in [0.4, 0.5) is 0 Å². The smallest absolute Gasteiger partial charge is 2.00 e. The zero-order valence-corrected chi connectivity index (χ0v) is 26.5. The van der Waals surface area contributed by atoms with Crippen LogP contribution in [0, 0.1) is 13.8 Å². The van der Waals surface area contributed by atoms with Gasteiger partial charge in [-0.1, -0.05) is 97.8 Å². The molecule has 0 nitrogen and oxygen atoms in total. The van der Waals surface area contributed by atoms with E-state index in [4.69, 9.17) is 0 Å². The van der Waals surface area contributed by atoms with Crippen molar-refractivity contribution in [2.24, 2.45) is 0 Å². The molecule has 0 atom stereocenters. The molecule has 6 aromatic carbocycles. The molecule has 6 rings (SSSR count). The van der Waals surface area contributed by atoms with Gasteiger partial charge in [0.15, 0.2) is 0 Å². The second-order valence-corrected chi connectivity index (χ2v) is 11.4. The van der Waals surface area contributed by atoms with Gasteiger partial charge in [-0.2, -0.15) is 12.1 Å². The number of aryl methyl sites for hydroxylation is 2. The van der Waals surface area contributed by atoms with Crippen LogP contribution < -0.4 is 0 Å². The summed E-state index contributed by atoms with van der Waals surface area (Å²) < 4.78 is 0. The van der Waals surface area contributed by atoms with Gasteiger partial charge in [-0.15, -0.1) is 69.1 Å². The minimum atomic E-state index is 0. The molecule has 0 saturated heterocycles. The fraction of sp³-hybridized carbons (Fsp3) is 0.118. The van der Waals surface area contributed by atoms with Gasteiger partial charge in [0.2, 0.25) is 0 Å². The molecule has 0 aromatic heterocycles. The fourth-order valence-corrected chi connectivity index (χ4v) is 4.51. The number of rotatable bonds is 2. The molecule has 0 unspecified atom stereocenters. The van der Waals surface area contributed by atoms with Crippen molar-refractivity contribution < 1.29 is 26.2 Å². The predicted molar refractivity (Wildman–Crippen MR) is 158 cm³/mol. The summed E-state index contributed by atoms with van der Waals surface area (Å²) in [6.45, 7) is 4.30. The van der Waals surface area contributed by atoms with Crippen LogP contribution in [-0.4, -0.2) is 15.4 Å². The Morgan fingerprint density at radius 1 is 0.500 bits per heavy atom. The number of hydrogen-bond donors (Lipinski definition) is 0. The quantitative estimate of drug-likeness (QED) is 0.136. The van der Waals surface area contributed by atoms with Gasteiger partial charge in [-0.3, -0.25) is 0 Å². The Balaban J connectivity index is 0.000000177. The Morgan fingerprint density at radius 3 is 1.22 bits per heavy atom. The Labute approximate surface area is 241 Å². The van der Waals surface area contributed by atoms with Gasteiger partial charge < -0.3 is 0 Å². The topological polar surface area (TPSA) is 0 Å². The molecule has 0 aliphatic carbocycles. The third kappa shape index (κ3) is 6.84. The molecule has 0 heterocycles. The van der Waals surface area contributed by atoms with Crippen molar-refractivity contribution in [3.05, 3.63) is 132 Å². The third-order valence-corrected chi connectivity index (χ3v) is 5.96. The molecular formula is C34H33GeZr. The average molecular weight is 605 g/mol. The van der Waals surface area contributed by atoms with Gasteiger partial charge >= 0.3 is 53.1 Å². The third-order valence-electron chi connectivity index (χ3n) is 5.96. The molecule has 2 heteroatoms. The van der Waals surface area contributed by atoms with Crippen molar-refractivity contribution in [2.75, 3.05) is 0 Å². The van der Waals surface area contributed by atoms with Crippen molar-refractivity contribution >= 4 is 37.0 Å². The minimum absolute atomic E-state index is 0. The van der Waals surface area contributed by atoms with Gasteiger partial charge in [-0.05, 0) is 11.1 Å². The van der Waals surface area contributed by atoms with E-state index in [2.05, 4.69) is 147 Å². The van der Waals surface area contributed by atoms with Crippen molar-refractivity contribution in [2.45, 2.75) is 25.4 Å². The maximum atomic E-state index is 2.28. The summed E-state index contributed by atoms with van der Waals surface area (Å²) in [4.78, 5) is 0.